The number of aromatic amines is 1. The lowest BCUT2D eigenvalue weighted by molar-refractivity contribution is 0.0696. The third kappa shape index (κ3) is 5.08. The molecule has 2 aromatic heterocycles. The molecule has 3 N–H and O–H groups in total. The van der Waals surface area contributed by atoms with Crippen molar-refractivity contribution in [3.8, 4) is 28.8 Å². The number of pyridine rings is 1. The van der Waals surface area contributed by atoms with Gasteiger partial charge < -0.3 is 24.7 Å². The monoisotopic (exact) mass is 521 g/mol. The number of fused-ring (bicyclic) bond motifs is 2. The fourth-order valence-corrected chi connectivity index (χ4v) is 4.73. The highest BCUT2D eigenvalue weighted by atomic mass is 16.7. The van der Waals surface area contributed by atoms with Gasteiger partial charge in [-0.2, -0.15) is 5.26 Å². The van der Waals surface area contributed by atoms with E-state index >= 15 is 0 Å². The lowest BCUT2D eigenvalue weighted by atomic mass is 9.96. The van der Waals surface area contributed by atoms with E-state index in [0.29, 0.717) is 47.5 Å². The first kappa shape index (κ1) is 25.3. The normalized spacial score (nSPS) is 10.9. The van der Waals surface area contributed by atoms with Crippen LogP contribution < -0.4 is 9.47 Å². The first-order chi connectivity index (χ1) is 18.9. The zero-order chi connectivity index (χ0) is 27.5. The number of aromatic nitrogens is 2. The van der Waals surface area contributed by atoms with Crippen molar-refractivity contribution in [1.29, 1.82) is 5.26 Å². The average Bonchev–Trinajstić information content (AvgIpc) is 3.27. The molecule has 0 spiro atoms. The lowest BCUT2D eigenvalue weighted by Gasteiger charge is -2.10. The van der Waals surface area contributed by atoms with Crippen molar-refractivity contribution in [3.63, 3.8) is 0 Å². The van der Waals surface area contributed by atoms with Gasteiger partial charge in [0.2, 0.25) is 5.88 Å². The van der Waals surface area contributed by atoms with Crippen LogP contribution >= 0.6 is 0 Å². The Labute approximate surface area is 222 Å². The van der Waals surface area contributed by atoms with Gasteiger partial charge in [0.05, 0.1) is 17.7 Å². The van der Waals surface area contributed by atoms with E-state index in [4.69, 9.17) is 9.47 Å². The Morgan fingerprint density at radius 3 is 2.59 bits per heavy atom. The molecule has 194 valence electrons. The molecule has 0 saturated carbocycles. The SMILES string of the molecule is Cc1cc(C(=O)O)ccc1-c1cccc2c(CCCOc3cccc4ccc(C#N)nc34)c(OC(=O)O)[nH]c12. The maximum absolute atomic E-state index is 11.4. The predicted octanol–water partition coefficient (Wildman–Crippen LogP) is 6.33. The first-order valence-corrected chi connectivity index (χ1v) is 12.2. The molecule has 9 heteroatoms. The number of ether oxygens (including phenoxy) is 2. The molecule has 0 atom stereocenters. The Morgan fingerprint density at radius 2 is 1.85 bits per heavy atom. The second-order valence-corrected chi connectivity index (χ2v) is 8.95. The summed E-state index contributed by atoms with van der Waals surface area (Å²) in [6, 6.07) is 21.6. The summed E-state index contributed by atoms with van der Waals surface area (Å²) in [5.74, 6) is -0.308. The number of hydrogen-bond donors (Lipinski definition) is 3. The van der Waals surface area contributed by atoms with Crippen LogP contribution in [0.25, 0.3) is 32.9 Å². The van der Waals surface area contributed by atoms with Gasteiger partial charge in [0.25, 0.3) is 0 Å². The molecular weight excluding hydrogens is 498 g/mol. The van der Waals surface area contributed by atoms with E-state index in [0.717, 1.165) is 27.5 Å². The number of carboxylic acid groups (broad SMARTS) is 2. The summed E-state index contributed by atoms with van der Waals surface area (Å²) in [5, 5.41) is 29.5. The van der Waals surface area contributed by atoms with Crippen LogP contribution in [-0.2, 0) is 6.42 Å². The summed E-state index contributed by atoms with van der Waals surface area (Å²) < 4.78 is 11.1. The molecule has 39 heavy (non-hydrogen) atoms. The van der Waals surface area contributed by atoms with Crippen molar-refractivity contribution in [3.05, 3.63) is 89.1 Å². The van der Waals surface area contributed by atoms with Crippen LogP contribution in [0.3, 0.4) is 0 Å². The Hall–Kier alpha value is -5.36. The third-order valence-electron chi connectivity index (χ3n) is 6.48. The summed E-state index contributed by atoms with van der Waals surface area (Å²) >= 11 is 0. The second kappa shape index (κ2) is 10.6. The van der Waals surface area contributed by atoms with Crippen molar-refractivity contribution < 1.29 is 29.3 Å². The Kier molecular flexibility index (Phi) is 6.85. The van der Waals surface area contributed by atoms with Gasteiger partial charge in [-0.3, -0.25) is 0 Å². The number of nitrogens with one attached hydrogen (secondary N) is 1. The Morgan fingerprint density at radius 1 is 1.03 bits per heavy atom. The van der Waals surface area contributed by atoms with Gasteiger partial charge in [-0.15, -0.1) is 0 Å². The third-order valence-corrected chi connectivity index (χ3v) is 6.48. The van der Waals surface area contributed by atoms with Crippen molar-refractivity contribution in [1.82, 2.24) is 9.97 Å². The van der Waals surface area contributed by atoms with E-state index in [1.54, 1.807) is 30.3 Å². The number of carbonyl (C=O) groups is 2. The molecule has 0 radical (unpaired) electrons. The number of carboxylic acids is 1. The van der Waals surface area contributed by atoms with Crippen LogP contribution in [0.15, 0.2) is 66.7 Å². The predicted molar refractivity (Wildman–Crippen MR) is 144 cm³/mol. The van der Waals surface area contributed by atoms with E-state index in [1.165, 1.54) is 0 Å². The minimum Gasteiger partial charge on any atom is -0.491 e. The van der Waals surface area contributed by atoms with Gasteiger partial charge in [0, 0.05) is 21.9 Å². The highest BCUT2D eigenvalue weighted by Crippen LogP contribution is 2.37. The molecule has 0 amide bonds. The fourth-order valence-electron chi connectivity index (χ4n) is 4.73. The van der Waals surface area contributed by atoms with Gasteiger partial charge in [0.15, 0.2) is 0 Å². The summed E-state index contributed by atoms with van der Waals surface area (Å²) in [6.07, 6.45) is -0.420. The van der Waals surface area contributed by atoms with E-state index < -0.39 is 12.1 Å². The molecule has 0 aliphatic rings. The average molecular weight is 522 g/mol. The number of H-pyrrole nitrogens is 1. The number of aryl methyl sites for hydroxylation is 2. The number of hydrogen-bond acceptors (Lipinski definition) is 6. The number of nitriles is 1. The van der Waals surface area contributed by atoms with E-state index in [-0.39, 0.29) is 11.4 Å². The van der Waals surface area contributed by atoms with E-state index in [2.05, 4.69) is 9.97 Å². The number of benzene rings is 3. The van der Waals surface area contributed by atoms with Gasteiger partial charge >= 0.3 is 12.1 Å². The Bertz CT molecular complexity index is 1780. The van der Waals surface area contributed by atoms with E-state index in [1.807, 2.05) is 49.4 Å². The summed E-state index contributed by atoms with van der Waals surface area (Å²) in [5.41, 5.74) is 4.88. The largest absolute Gasteiger partial charge is 0.512 e. The highest BCUT2D eigenvalue weighted by Gasteiger charge is 2.19. The van der Waals surface area contributed by atoms with Crippen molar-refractivity contribution >= 4 is 33.9 Å². The number of rotatable bonds is 8. The minimum atomic E-state index is -1.43. The first-order valence-electron chi connectivity index (χ1n) is 12.2. The van der Waals surface area contributed by atoms with Crippen LogP contribution in [0.2, 0.25) is 0 Å². The topological polar surface area (TPSA) is 146 Å². The molecule has 0 aliphatic carbocycles. The maximum atomic E-state index is 11.4. The van der Waals surface area contributed by atoms with Crippen molar-refractivity contribution in [2.45, 2.75) is 19.8 Å². The molecule has 0 aliphatic heterocycles. The number of nitrogens with zero attached hydrogens (tertiary/aromatic N) is 2. The molecule has 2 heterocycles. The number of aromatic carboxylic acids is 1. The molecule has 5 aromatic rings. The van der Waals surface area contributed by atoms with Crippen LogP contribution in [-0.4, -0.2) is 38.9 Å². The van der Waals surface area contributed by atoms with Crippen LogP contribution in [0, 0.1) is 18.3 Å². The molecular formula is C30H23N3O6. The van der Waals surface area contributed by atoms with Crippen LogP contribution in [0.5, 0.6) is 11.6 Å². The molecule has 0 unspecified atom stereocenters. The fraction of sp³-hybridized carbons (Fsp3) is 0.133. The summed E-state index contributed by atoms with van der Waals surface area (Å²) in [4.78, 5) is 30.3. The number of para-hydroxylation sites is 2. The maximum Gasteiger partial charge on any atom is 0.512 e. The molecule has 3 aromatic carbocycles. The van der Waals surface area contributed by atoms with Gasteiger partial charge in [-0.05, 0) is 61.2 Å². The molecule has 0 saturated heterocycles. The summed E-state index contributed by atoms with van der Waals surface area (Å²) in [7, 11) is 0. The second-order valence-electron chi connectivity index (χ2n) is 8.95. The molecule has 9 nitrogen and oxygen atoms in total. The summed E-state index contributed by atoms with van der Waals surface area (Å²) in [6.45, 7) is 2.16. The van der Waals surface area contributed by atoms with Crippen LogP contribution in [0.1, 0.15) is 33.6 Å². The van der Waals surface area contributed by atoms with Crippen molar-refractivity contribution in [2.75, 3.05) is 6.61 Å². The van der Waals surface area contributed by atoms with Gasteiger partial charge in [-0.25, -0.2) is 14.6 Å². The van der Waals surface area contributed by atoms with Crippen LogP contribution in [0.4, 0.5) is 4.79 Å². The molecule has 5 rings (SSSR count). The molecule has 0 bridgehead atoms. The van der Waals surface area contributed by atoms with Gasteiger partial charge in [-0.1, -0.05) is 36.4 Å². The lowest BCUT2D eigenvalue weighted by Crippen LogP contribution is -2.06. The van der Waals surface area contributed by atoms with E-state index in [9.17, 15) is 25.1 Å². The zero-order valence-corrected chi connectivity index (χ0v) is 20.9. The smallest absolute Gasteiger partial charge is 0.491 e. The van der Waals surface area contributed by atoms with Gasteiger partial charge in [0.1, 0.15) is 23.0 Å². The zero-order valence-electron chi connectivity index (χ0n) is 20.9. The minimum absolute atomic E-state index is 0.134. The quantitative estimate of drug-likeness (QED) is 0.159. The standard InChI is InChI=1S/C30H23N3O6/c1-17-15-19(29(34)35)11-13-21(17)22-6-3-7-23-24(28(33-27(22)23)39-30(36)37)8-4-14-38-25-9-2-5-18-10-12-20(16-31)32-26(18)25/h2-3,5-7,9-13,15,33H,4,8,14H2,1H3,(H,34,35)(H,36,37). The Balaban J connectivity index is 1.43. The molecule has 0 fully saturated rings. The highest BCUT2D eigenvalue weighted by molar-refractivity contribution is 5.99. The van der Waals surface area contributed by atoms with Crippen molar-refractivity contribution in [2.24, 2.45) is 0 Å².